The molecule has 1 aliphatic heterocycles. The Morgan fingerprint density at radius 3 is 2.48 bits per heavy atom. The van der Waals surface area contributed by atoms with Crippen LogP contribution in [0.3, 0.4) is 0 Å². The molecule has 1 aromatic heterocycles. The maximum absolute atomic E-state index is 12.2. The van der Waals surface area contributed by atoms with E-state index in [1.807, 2.05) is 24.3 Å². The lowest BCUT2D eigenvalue weighted by atomic mass is 9.99. The molecule has 1 aromatic carbocycles. The number of methoxy groups -OCH3 is 1. The largest absolute Gasteiger partial charge is 0.497 e. The maximum atomic E-state index is 12.2. The second-order valence-corrected chi connectivity index (χ2v) is 6.71. The van der Waals surface area contributed by atoms with Crippen LogP contribution in [0, 0.1) is 5.92 Å². The number of piperidine rings is 1. The molecule has 0 bridgehead atoms. The fourth-order valence-corrected chi connectivity index (χ4v) is 2.94. The van der Waals surface area contributed by atoms with Crippen molar-refractivity contribution in [1.29, 1.82) is 0 Å². The molecule has 3 rings (SSSR count). The number of nitrogens with one attached hydrogen (secondary N) is 1. The highest BCUT2D eigenvalue weighted by Crippen LogP contribution is 2.20. The van der Waals surface area contributed by atoms with Crippen molar-refractivity contribution in [3.63, 3.8) is 0 Å². The molecule has 0 aliphatic carbocycles. The monoisotopic (exact) mass is 370 g/mol. The number of hydrogen-bond acceptors (Lipinski definition) is 6. The molecule has 0 spiro atoms. The summed E-state index contributed by atoms with van der Waals surface area (Å²) in [7, 11) is 1.62. The van der Waals surface area contributed by atoms with E-state index in [1.54, 1.807) is 13.3 Å². The van der Waals surface area contributed by atoms with Crippen molar-refractivity contribution in [2.75, 3.05) is 38.3 Å². The summed E-state index contributed by atoms with van der Waals surface area (Å²) in [6, 6.07) is 7.31. The molecule has 2 aromatic rings. The standard InChI is InChI=1S/C20H26N4O3/c1-15-7-10-24(11-8-15)19-14-22-18(13-23-19)20(25)21-9-12-27-17-5-3-16(26-2)4-6-17/h3-6,13-15H,7-12H2,1-2H3,(H,21,25). The van der Waals surface area contributed by atoms with Crippen LogP contribution in [-0.4, -0.2) is 49.2 Å². The Hall–Kier alpha value is -2.83. The van der Waals surface area contributed by atoms with Gasteiger partial charge in [-0.15, -0.1) is 0 Å². The Morgan fingerprint density at radius 2 is 1.85 bits per heavy atom. The molecule has 1 saturated heterocycles. The lowest BCUT2D eigenvalue weighted by Crippen LogP contribution is -2.34. The van der Waals surface area contributed by atoms with Gasteiger partial charge in [-0.3, -0.25) is 4.79 Å². The molecular weight excluding hydrogens is 344 g/mol. The number of amides is 1. The minimum Gasteiger partial charge on any atom is -0.497 e. The average molecular weight is 370 g/mol. The van der Waals surface area contributed by atoms with E-state index in [0.29, 0.717) is 18.8 Å². The van der Waals surface area contributed by atoms with Gasteiger partial charge >= 0.3 is 0 Å². The van der Waals surface area contributed by atoms with Gasteiger partial charge in [-0.05, 0) is 43.0 Å². The van der Waals surface area contributed by atoms with E-state index in [4.69, 9.17) is 9.47 Å². The molecule has 7 heteroatoms. The van der Waals surface area contributed by atoms with Gasteiger partial charge in [0.2, 0.25) is 0 Å². The Balaban J connectivity index is 1.42. The molecule has 0 radical (unpaired) electrons. The van der Waals surface area contributed by atoms with Crippen LogP contribution in [0.25, 0.3) is 0 Å². The zero-order valence-electron chi connectivity index (χ0n) is 15.9. The summed E-state index contributed by atoms with van der Waals surface area (Å²) < 4.78 is 10.7. The SMILES string of the molecule is COc1ccc(OCCNC(=O)c2cnc(N3CCC(C)CC3)cn2)cc1. The minimum absolute atomic E-state index is 0.250. The maximum Gasteiger partial charge on any atom is 0.271 e. The van der Waals surface area contributed by atoms with Gasteiger partial charge < -0.3 is 19.7 Å². The van der Waals surface area contributed by atoms with E-state index in [-0.39, 0.29) is 5.91 Å². The summed E-state index contributed by atoms with van der Waals surface area (Å²) in [5.41, 5.74) is 0.313. The van der Waals surface area contributed by atoms with E-state index >= 15 is 0 Å². The summed E-state index contributed by atoms with van der Waals surface area (Å²) in [4.78, 5) is 23.0. The summed E-state index contributed by atoms with van der Waals surface area (Å²) in [5.74, 6) is 2.85. The highest BCUT2D eigenvalue weighted by molar-refractivity contribution is 5.91. The van der Waals surface area contributed by atoms with Crippen LogP contribution in [0.1, 0.15) is 30.3 Å². The second kappa shape index (κ2) is 9.21. The lowest BCUT2D eigenvalue weighted by molar-refractivity contribution is 0.0941. The first kappa shape index (κ1) is 18.9. The fourth-order valence-electron chi connectivity index (χ4n) is 2.94. The van der Waals surface area contributed by atoms with Crippen molar-refractivity contribution in [3.05, 3.63) is 42.4 Å². The topological polar surface area (TPSA) is 76.6 Å². The molecule has 1 amide bonds. The number of ether oxygens (including phenoxy) is 2. The summed E-state index contributed by atoms with van der Waals surface area (Å²) in [5, 5.41) is 2.79. The molecular formula is C20H26N4O3. The summed E-state index contributed by atoms with van der Waals surface area (Å²) in [6.07, 6.45) is 5.54. The highest BCUT2D eigenvalue weighted by atomic mass is 16.5. The van der Waals surface area contributed by atoms with Crippen molar-refractivity contribution in [3.8, 4) is 11.5 Å². The van der Waals surface area contributed by atoms with Crippen LogP contribution in [-0.2, 0) is 0 Å². The van der Waals surface area contributed by atoms with Gasteiger partial charge in [0.15, 0.2) is 0 Å². The number of anilines is 1. The smallest absolute Gasteiger partial charge is 0.271 e. The molecule has 0 atom stereocenters. The van der Waals surface area contributed by atoms with Gasteiger partial charge in [-0.25, -0.2) is 9.97 Å². The fraction of sp³-hybridized carbons (Fsp3) is 0.450. The molecule has 0 unspecified atom stereocenters. The second-order valence-electron chi connectivity index (χ2n) is 6.71. The Kier molecular flexibility index (Phi) is 6.46. The average Bonchev–Trinajstić information content (AvgIpc) is 2.72. The van der Waals surface area contributed by atoms with Crippen LogP contribution >= 0.6 is 0 Å². The first-order valence-electron chi connectivity index (χ1n) is 9.28. The van der Waals surface area contributed by atoms with Crippen LogP contribution in [0.5, 0.6) is 11.5 Å². The normalized spacial score (nSPS) is 14.7. The molecule has 144 valence electrons. The third-order valence-electron chi connectivity index (χ3n) is 4.69. The number of carbonyl (C=O) groups is 1. The number of rotatable bonds is 7. The molecule has 2 heterocycles. The van der Waals surface area contributed by atoms with E-state index in [1.165, 1.54) is 6.20 Å². The van der Waals surface area contributed by atoms with Crippen LogP contribution in [0.4, 0.5) is 5.82 Å². The van der Waals surface area contributed by atoms with Crippen LogP contribution < -0.4 is 19.7 Å². The van der Waals surface area contributed by atoms with Crippen molar-refractivity contribution >= 4 is 11.7 Å². The molecule has 1 fully saturated rings. The van der Waals surface area contributed by atoms with Crippen molar-refractivity contribution in [2.45, 2.75) is 19.8 Å². The van der Waals surface area contributed by atoms with Gasteiger partial charge in [0.1, 0.15) is 29.6 Å². The Bertz CT molecular complexity index is 726. The van der Waals surface area contributed by atoms with E-state index in [0.717, 1.165) is 49.2 Å². The first-order valence-corrected chi connectivity index (χ1v) is 9.28. The molecule has 7 nitrogen and oxygen atoms in total. The van der Waals surface area contributed by atoms with E-state index < -0.39 is 0 Å². The van der Waals surface area contributed by atoms with Gasteiger partial charge in [0, 0.05) is 13.1 Å². The molecule has 0 saturated carbocycles. The van der Waals surface area contributed by atoms with E-state index in [9.17, 15) is 4.79 Å². The Labute approximate surface area is 159 Å². The highest BCUT2D eigenvalue weighted by Gasteiger charge is 2.17. The third-order valence-corrected chi connectivity index (χ3v) is 4.69. The molecule has 1 N–H and O–H groups in total. The zero-order chi connectivity index (χ0) is 19.1. The van der Waals surface area contributed by atoms with Gasteiger partial charge in [-0.2, -0.15) is 0 Å². The van der Waals surface area contributed by atoms with Crippen molar-refractivity contribution < 1.29 is 14.3 Å². The van der Waals surface area contributed by atoms with Crippen LogP contribution in [0.2, 0.25) is 0 Å². The minimum atomic E-state index is -0.250. The van der Waals surface area contributed by atoms with E-state index in [2.05, 4.69) is 27.1 Å². The zero-order valence-corrected chi connectivity index (χ0v) is 15.9. The lowest BCUT2D eigenvalue weighted by Gasteiger charge is -2.30. The number of carbonyl (C=O) groups excluding carboxylic acids is 1. The predicted molar refractivity (Wildman–Crippen MR) is 103 cm³/mol. The van der Waals surface area contributed by atoms with Crippen molar-refractivity contribution in [2.24, 2.45) is 5.92 Å². The quantitative estimate of drug-likeness (QED) is 0.755. The predicted octanol–water partition coefficient (Wildman–Crippen LogP) is 2.53. The van der Waals surface area contributed by atoms with Gasteiger partial charge in [0.25, 0.3) is 5.91 Å². The third kappa shape index (κ3) is 5.32. The van der Waals surface area contributed by atoms with Crippen molar-refractivity contribution in [1.82, 2.24) is 15.3 Å². The summed E-state index contributed by atoms with van der Waals surface area (Å²) >= 11 is 0. The number of aromatic nitrogens is 2. The number of nitrogens with zero attached hydrogens (tertiary/aromatic N) is 3. The molecule has 1 aliphatic rings. The summed E-state index contributed by atoms with van der Waals surface area (Å²) in [6.45, 7) is 5.01. The molecule has 27 heavy (non-hydrogen) atoms. The van der Waals surface area contributed by atoms with Gasteiger partial charge in [-0.1, -0.05) is 6.92 Å². The Morgan fingerprint density at radius 1 is 1.15 bits per heavy atom. The van der Waals surface area contributed by atoms with Gasteiger partial charge in [0.05, 0.1) is 26.0 Å². The number of benzene rings is 1. The number of hydrogen-bond donors (Lipinski definition) is 1. The first-order chi connectivity index (χ1) is 13.2. The van der Waals surface area contributed by atoms with Crippen LogP contribution in [0.15, 0.2) is 36.7 Å².